The first-order chi connectivity index (χ1) is 10.1. The molecule has 0 aliphatic carbocycles. The molecule has 0 amide bonds. The van der Waals surface area contributed by atoms with Crippen molar-refractivity contribution >= 4 is 17.3 Å². The Balaban J connectivity index is 2.11. The lowest BCUT2D eigenvalue weighted by atomic mass is 10.2. The largest absolute Gasteiger partial charge is 0.478 e. The van der Waals surface area contributed by atoms with Crippen LogP contribution in [0.3, 0.4) is 0 Å². The molecule has 1 N–H and O–H groups in total. The van der Waals surface area contributed by atoms with Crippen molar-refractivity contribution in [1.29, 1.82) is 0 Å². The molecular formula is C15H14N4O2. The lowest BCUT2D eigenvalue weighted by Gasteiger charge is -2.12. The van der Waals surface area contributed by atoms with Gasteiger partial charge in [0.1, 0.15) is 0 Å². The van der Waals surface area contributed by atoms with Crippen molar-refractivity contribution in [3.63, 3.8) is 0 Å². The zero-order valence-electron chi connectivity index (χ0n) is 11.7. The average molecular weight is 282 g/mol. The molecule has 21 heavy (non-hydrogen) atoms. The van der Waals surface area contributed by atoms with E-state index < -0.39 is 5.97 Å². The fourth-order valence-corrected chi connectivity index (χ4v) is 2.12. The van der Waals surface area contributed by atoms with Crippen LogP contribution in [0.15, 0.2) is 42.6 Å². The zero-order valence-corrected chi connectivity index (χ0v) is 11.7. The van der Waals surface area contributed by atoms with Crippen LogP contribution in [0, 0.1) is 0 Å². The number of anilines is 1. The highest BCUT2D eigenvalue weighted by Crippen LogP contribution is 2.22. The van der Waals surface area contributed by atoms with Crippen molar-refractivity contribution in [2.24, 2.45) is 0 Å². The Labute approximate surface area is 121 Å². The quantitative estimate of drug-likeness (QED) is 0.797. The first-order valence-corrected chi connectivity index (χ1v) is 6.42. The Morgan fingerprint density at radius 1 is 1.10 bits per heavy atom. The molecule has 0 fully saturated rings. The molecule has 6 heteroatoms. The number of hydrogen-bond donors (Lipinski definition) is 1. The van der Waals surface area contributed by atoms with E-state index >= 15 is 0 Å². The summed E-state index contributed by atoms with van der Waals surface area (Å²) in [7, 11) is 3.95. The predicted octanol–water partition coefficient (Wildman–Crippen LogP) is 2.16. The second-order valence-corrected chi connectivity index (χ2v) is 4.92. The molecule has 0 saturated heterocycles. The van der Waals surface area contributed by atoms with E-state index in [-0.39, 0.29) is 5.56 Å². The van der Waals surface area contributed by atoms with Crippen molar-refractivity contribution in [1.82, 2.24) is 14.6 Å². The van der Waals surface area contributed by atoms with Crippen LogP contribution in [0.2, 0.25) is 0 Å². The Hall–Kier alpha value is -2.89. The van der Waals surface area contributed by atoms with Crippen LogP contribution in [-0.4, -0.2) is 39.8 Å². The van der Waals surface area contributed by atoms with Crippen LogP contribution < -0.4 is 4.90 Å². The van der Waals surface area contributed by atoms with E-state index in [0.29, 0.717) is 11.5 Å². The fraction of sp³-hybridized carbons (Fsp3) is 0.133. The maximum absolute atomic E-state index is 11.1. The summed E-state index contributed by atoms with van der Waals surface area (Å²) < 4.78 is 1.69. The highest BCUT2D eigenvalue weighted by molar-refractivity contribution is 5.87. The van der Waals surface area contributed by atoms with Crippen molar-refractivity contribution in [3.05, 3.63) is 48.2 Å². The van der Waals surface area contributed by atoms with Gasteiger partial charge >= 0.3 is 5.97 Å². The number of nitrogens with zero attached hydrogens (tertiary/aromatic N) is 4. The minimum Gasteiger partial charge on any atom is -0.478 e. The van der Waals surface area contributed by atoms with Gasteiger partial charge in [-0.1, -0.05) is 0 Å². The number of benzene rings is 1. The number of carboxylic acids is 1. The summed E-state index contributed by atoms with van der Waals surface area (Å²) in [4.78, 5) is 13.1. The zero-order chi connectivity index (χ0) is 15.0. The molecule has 106 valence electrons. The predicted molar refractivity (Wildman–Crippen MR) is 79.7 cm³/mol. The Bertz CT molecular complexity index is 806. The normalized spacial score (nSPS) is 10.8. The van der Waals surface area contributed by atoms with Crippen LogP contribution in [0.25, 0.3) is 17.0 Å². The molecule has 2 aromatic heterocycles. The maximum Gasteiger partial charge on any atom is 0.337 e. The SMILES string of the molecule is CN(C)c1ccc(-c2nnc3ccc(C(=O)O)cn23)cc1. The molecule has 0 aliphatic rings. The monoisotopic (exact) mass is 282 g/mol. The van der Waals surface area contributed by atoms with Crippen molar-refractivity contribution in [3.8, 4) is 11.4 Å². The van der Waals surface area contributed by atoms with Gasteiger partial charge in [0, 0.05) is 31.5 Å². The van der Waals surface area contributed by atoms with Crippen LogP contribution in [0.1, 0.15) is 10.4 Å². The smallest absolute Gasteiger partial charge is 0.337 e. The second-order valence-electron chi connectivity index (χ2n) is 4.92. The van der Waals surface area contributed by atoms with E-state index in [2.05, 4.69) is 10.2 Å². The van der Waals surface area contributed by atoms with Crippen molar-refractivity contribution in [2.75, 3.05) is 19.0 Å². The van der Waals surface area contributed by atoms with Crippen LogP contribution in [-0.2, 0) is 0 Å². The lowest BCUT2D eigenvalue weighted by Crippen LogP contribution is -2.08. The molecule has 3 aromatic rings. The molecule has 0 saturated carbocycles. The second kappa shape index (κ2) is 4.90. The summed E-state index contributed by atoms with van der Waals surface area (Å²) in [6.45, 7) is 0. The van der Waals surface area contributed by atoms with Gasteiger partial charge in [-0.15, -0.1) is 10.2 Å². The topological polar surface area (TPSA) is 70.7 Å². The highest BCUT2D eigenvalue weighted by atomic mass is 16.4. The Morgan fingerprint density at radius 3 is 2.43 bits per heavy atom. The Kier molecular flexibility index (Phi) is 3.06. The summed E-state index contributed by atoms with van der Waals surface area (Å²) in [6, 6.07) is 11.0. The van der Waals surface area contributed by atoms with Gasteiger partial charge in [-0.2, -0.15) is 0 Å². The number of pyridine rings is 1. The van der Waals surface area contributed by atoms with Gasteiger partial charge in [0.05, 0.1) is 5.56 Å². The minimum atomic E-state index is -0.973. The molecule has 2 heterocycles. The van der Waals surface area contributed by atoms with Crippen molar-refractivity contribution in [2.45, 2.75) is 0 Å². The molecule has 6 nitrogen and oxygen atoms in total. The standard InChI is InChI=1S/C15H14N4O2/c1-18(2)12-6-3-10(4-7-12)14-17-16-13-8-5-11(15(20)21)9-19(13)14/h3-9H,1-2H3,(H,20,21). The van der Waals surface area contributed by atoms with Gasteiger partial charge in [-0.25, -0.2) is 4.79 Å². The summed E-state index contributed by atoms with van der Waals surface area (Å²) in [5, 5.41) is 17.3. The van der Waals surface area contributed by atoms with Crippen LogP contribution in [0.5, 0.6) is 0 Å². The number of aromatic nitrogens is 3. The number of rotatable bonds is 3. The third kappa shape index (κ3) is 2.31. The number of aromatic carboxylic acids is 1. The van der Waals surface area contributed by atoms with Gasteiger partial charge < -0.3 is 10.0 Å². The summed E-state index contributed by atoms with van der Waals surface area (Å²) in [6.07, 6.45) is 1.53. The fourth-order valence-electron chi connectivity index (χ4n) is 2.12. The average Bonchev–Trinajstić information content (AvgIpc) is 2.90. The number of fused-ring (bicyclic) bond motifs is 1. The van der Waals surface area contributed by atoms with Gasteiger partial charge in [0.15, 0.2) is 11.5 Å². The third-order valence-corrected chi connectivity index (χ3v) is 3.29. The number of carbonyl (C=O) groups is 1. The van der Waals surface area contributed by atoms with Gasteiger partial charge in [0.25, 0.3) is 0 Å². The molecule has 0 radical (unpaired) electrons. The van der Waals surface area contributed by atoms with Gasteiger partial charge in [0.2, 0.25) is 0 Å². The van der Waals surface area contributed by atoms with E-state index in [1.54, 1.807) is 10.5 Å². The first kappa shape index (κ1) is 13.1. The molecule has 0 unspecified atom stereocenters. The van der Waals surface area contributed by atoms with E-state index in [4.69, 9.17) is 5.11 Å². The molecule has 0 spiro atoms. The van der Waals surface area contributed by atoms with Gasteiger partial charge in [-0.3, -0.25) is 4.40 Å². The molecule has 1 aromatic carbocycles. The summed E-state index contributed by atoms with van der Waals surface area (Å²) in [5.74, 6) is -0.349. The van der Waals surface area contributed by atoms with Crippen molar-refractivity contribution < 1.29 is 9.90 Å². The van der Waals surface area contributed by atoms with E-state index in [9.17, 15) is 4.79 Å². The van der Waals surface area contributed by atoms with Gasteiger partial charge in [-0.05, 0) is 36.4 Å². The lowest BCUT2D eigenvalue weighted by molar-refractivity contribution is 0.0696. The third-order valence-electron chi connectivity index (χ3n) is 3.29. The van der Waals surface area contributed by atoms with E-state index in [1.165, 1.54) is 12.3 Å². The molecule has 0 bridgehead atoms. The molecule has 3 rings (SSSR count). The summed E-state index contributed by atoms with van der Waals surface area (Å²) >= 11 is 0. The van der Waals surface area contributed by atoms with E-state index in [0.717, 1.165) is 11.3 Å². The maximum atomic E-state index is 11.1. The van der Waals surface area contributed by atoms with Crippen LogP contribution >= 0.6 is 0 Å². The first-order valence-electron chi connectivity index (χ1n) is 6.42. The Morgan fingerprint density at radius 2 is 1.81 bits per heavy atom. The molecular weight excluding hydrogens is 268 g/mol. The summed E-state index contributed by atoms with van der Waals surface area (Å²) in [5.41, 5.74) is 2.79. The molecule has 0 atom stereocenters. The number of hydrogen-bond acceptors (Lipinski definition) is 4. The number of carboxylic acid groups (broad SMARTS) is 1. The molecule has 0 aliphatic heterocycles. The van der Waals surface area contributed by atoms with Crippen LogP contribution in [0.4, 0.5) is 5.69 Å². The minimum absolute atomic E-state index is 0.202. The van der Waals surface area contributed by atoms with E-state index in [1.807, 2.05) is 43.3 Å². The highest BCUT2D eigenvalue weighted by Gasteiger charge is 2.11.